The minimum absolute atomic E-state index is 0.116. The highest BCUT2D eigenvalue weighted by atomic mass is 16.5. The first kappa shape index (κ1) is 18.0. The predicted octanol–water partition coefficient (Wildman–Crippen LogP) is 3.16. The Kier molecular flexibility index (Phi) is 4.38. The third kappa shape index (κ3) is 3.01. The standard InChI is InChI=1S/C22H26N6O/c1-13-17(5-4-15-6-8-24-19(13)15)20-14(2)28-11-10-25-22(28)21(27-20)26-16-7-9-23-18(12-16)29-3/h4-5,7,9-14,17,20,24H,6,8H2,1-3H3,(H,23,26,27). The molecule has 0 saturated heterocycles. The van der Waals surface area contributed by atoms with Crippen LogP contribution in [-0.2, 0) is 0 Å². The summed E-state index contributed by atoms with van der Waals surface area (Å²) in [4.78, 5) is 13.9. The van der Waals surface area contributed by atoms with Gasteiger partial charge in [0.05, 0.1) is 19.2 Å². The predicted molar refractivity (Wildman–Crippen MR) is 113 cm³/mol. The molecule has 0 fully saturated rings. The molecule has 29 heavy (non-hydrogen) atoms. The zero-order valence-electron chi connectivity index (χ0n) is 17.0. The van der Waals surface area contributed by atoms with Gasteiger partial charge in [-0.25, -0.2) is 9.97 Å². The molecule has 5 rings (SSSR count). The van der Waals surface area contributed by atoms with Gasteiger partial charge < -0.3 is 19.9 Å². The van der Waals surface area contributed by atoms with Gasteiger partial charge in [-0.15, -0.1) is 0 Å². The molecular weight excluding hydrogens is 364 g/mol. The Morgan fingerprint density at radius 3 is 3.00 bits per heavy atom. The fourth-order valence-electron chi connectivity index (χ4n) is 4.74. The molecule has 0 amide bonds. The topological polar surface area (TPSA) is 76.4 Å². The number of methoxy groups -OCH3 is 1. The number of allylic oxidation sites excluding steroid dienone is 2. The van der Waals surface area contributed by atoms with Crippen molar-refractivity contribution in [2.45, 2.75) is 32.4 Å². The third-order valence-corrected chi connectivity index (χ3v) is 6.30. The molecule has 2 N–H and O–H groups in total. The second-order valence-electron chi connectivity index (χ2n) is 7.92. The summed E-state index contributed by atoms with van der Waals surface area (Å²) in [6.45, 7) is 5.59. The maximum Gasteiger partial charge on any atom is 0.214 e. The van der Waals surface area contributed by atoms with Gasteiger partial charge in [0.15, 0.2) is 11.7 Å². The number of aromatic nitrogens is 3. The molecule has 7 heteroatoms. The first-order valence-corrected chi connectivity index (χ1v) is 10.2. The molecule has 2 aromatic rings. The Bertz CT molecular complexity index is 1020. The third-order valence-electron chi connectivity index (χ3n) is 6.30. The van der Waals surface area contributed by atoms with Gasteiger partial charge in [0.2, 0.25) is 5.88 Å². The minimum atomic E-state index is 0.116. The number of imidazole rings is 1. The Labute approximate surface area is 170 Å². The smallest absolute Gasteiger partial charge is 0.214 e. The summed E-state index contributed by atoms with van der Waals surface area (Å²) in [6, 6.07) is 4.12. The average Bonchev–Trinajstić information content (AvgIpc) is 3.41. The lowest BCUT2D eigenvalue weighted by molar-refractivity contribution is 0.302. The largest absolute Gasteiger partial charge is 0.481 e. The molecule has 0 aromatic carbocycles. The molecule has 0 radical (unpaired) electrons. The number of anilines is 1. The monoisotopic (exact) mass is 390 g/mol. The maximum atomic E-state index is 5.25. The summed E-state index contributed by atoms with van der Waals surface area (Å²) in [7, 11) is 1.62. The van der Waals surface area contributed by atoms with E-state index in [-0.39, 0.29) is 12.1 Å². The highest BCUT2D eigenvalue weighted by Crippen LogP contribution is 2.39. The Morgan fingerprint density at radius 2 is 2.14 bits per heavy atom. The highest BCUT2D eigenvalue weighted by molar-refractivity contribution is 6.06. The molecule has 0 saturated carbocycles. The van der Waals surface area contributed by atoms with Crippen LogP contribution in [0.25, 0.3) is 0 Å². The first-order valence-electron chi connectivity index (χ1n) is 10.2. The lowest BCUT2D eigenvalue weighted by Crippen LogP contribution is -2.40. The Hall–Kier alpha value is -3.09. The van der Waals surface area contributed by atoms with Crippen LogP contribution in [0.3, 0.4) is 0 Å². The second-order valence-corrected chi connectivity index (χ2v) is 7.92. The number of rotatable bonds is 3. The van der Waals surface area contributed by atoms with Gasteiger partial charge in [-0.2, -0.15) is 0 Å². The fourth-order valence-corrected chi connectivity index (χ4v) is 4.74. The van der Waals surface area contributed by atoms with Crippen molar-refractivity contribution in [2.75, 3.05) is 19.0 Å². The SMILES string of the molecule is COc1cc(NC2=NC(C3C=CC4=C(NCC4)C3C)C(C)n3ccnc32)ccn1. The maximum absolute atomic E-state index is 5.25. The van der Waals surface area contributed by atoms with Crippen LogP contribution in [-0.4, -0.2) is 40.1 Å². The number of nitrogens with one attached hydrogen (secondary N) is 2. The van der Waals surface area contributed by atoms with E-state index in [0.717, 1.165) is 30.3 Å². The van der Waals surface area contributed by atoms with E-state index in [4.69, 9.17) is 9.73 Å². The van der Waals surface area contributed by atoms with Crippen molar-refractivity contribution in [2.24, 2.45) is 16.8 Å². The van der Waals surface area contributed by atoms with E-state index in [9.17, 15) is 0 Å². The number of hydrogen-bond donors (Lipinski definition) is 2. The number of nitrogens with zero attached hydrogens (tertiary/aromatic N) is 4. The Balaban J connectivity index is 1.49. The van der Waals surface area contributed by atoms with Crippen molar-refractivity contribution in [1.29, 1.82) is 0 Å². The second kappa shape index (κ2) is 7.06. The molecule has 4 heterocycles. The molecule has 2 aromatic heterocycles. The van der Waals surface area contributed by atoms with Gasteiger partial charge in [0, 0.05) is 54.4 Å². The van der Waals surface area contributed by atoms with Crippen molar-refractivity contribution >= 4 is 11.5 Å². The molecule has 150 valence electrons. The zero-order valence-corrected chi connectivity index (χ0v) is 17.0. The van der Waals surface area contributed by atoms with Crippen LogP contribution in [0.2, 0.25) is 0 Å². The number of fused-ring (bicyclic) bond motifs is 1. The minimum Gasteiger partial charge on any atom is -0.481 e. The molecule has 3 aliphatic rings. The molecular formula is C22H26N6O. The zero-order chi connectivity index (χ0) is 20.0. The summed E-state index contributed by atoms with van der Waals surface area (Å²) >= 11 is 0. The summed E-state index contributed by atoms with van der Waals surface area (Å²) in [6.07, 6.45) is 11.4. The number of amidine groups is 1. The van der Waals surface area contributed by atoms with Crippen molar-refractivity contribution in [3.05, 3.63) is 60.0 Å². The van der Waals surface area contributed by atoms with Gasteiger partial charge in [0.1, 0.15) is 0 Å². The van der Waals surface area contributed by atoms with E-state index in [1.165, 1.54) is 11.3 Å². The van der Waals surface area contributed by atoms with Gasteiger partial charge >= 0.3 is 0 Å². The van der Waals surface area contributed by atoms with Crippen LogP contribution in [0.15, 0.2) is 59.1 Å². The number of aliphatic imine (C=N–C) groups is 1. The van der Waals surface area contributed by atoms with Crippen LogP contribution in [0.5, 0.6) is 5.88 Å². The van der Waals surface area contributed by atoms with E-state index in [1.807, 2.05) is 24.5 Å². The molecule has 0 bridgehead atoms. The highest BCUT2D eigenvalue weighted by Gasteiger charge is 2.38. The molecule has 4 unspecified atom stereocenters. The molecule has 4 atom stereocenters. The number of pyridine rings is 1. The van der Waals surface area contributed by atoms with Gasteiger partial charge in [-0.3, -0.25) is 4.99 Å². The molecule has 7 nitrogen and oxygen atoms in total. The van der Waals surface area contributed by atoms with Crippen LogP contribution >= 0.6 is 0 Å². The number of hydrogen-bond acceptors (Lipinski definition) is 6. The van der Waals surface area contributed by atoms with E-state index in [1.54, 1.807) is 13.3 Å². The summed E-state index contributed by atoms with van der Waals surface area (Å²) in [5.74, 6) is 2.95. The summed E-state index contributed by atoms with van der Waals surface area (Å²) in [5, 5.41) is 7.04. The van der Waals surface area contributed by atoms with Crippen LogP contribution in [0.4, 0.5) is 5.69 Å². The normalized spacial score (nSPS) is 27.8. The summed E-state index contributed by atoms with van der Waals surface area (Å²) < 4.78 is 7.48. The van der Waals surface area contributed by atoms with Gasteiger partial charge in [-0.1, -0.05) is 19.1 Å². The number of ether oxygens (including phenoxy) is 1. The van der Waals surface area contributed by atoms with Crippen LogP contribution < -0.4 is 15.4 Å². The van der Waals surface area contributed by atoms with E-state index in [0.29, 0.717) is 17.7 Å². The fraction of sp³-hybridized carbons (Fsp3) is 0.409. The summed E-state index contributed by atoms with van der Waals surface area (Å²) in [5.41, 5.74) is 3.73. The van der Waals surface area contributed by atoms with Crippen molar-refractivity contribution < 1.29 is 4.74 Å². The van der Waals surface area contributed by atoms with Crippen molar-refractivity contribution in [3.63, 3.8) is 0 Å². The van der Waals surface area contributed by atoms with Crippen LogP contribution in [0, 0.1) is 11.8 Å². The molecule has 2 aliphatic heterocycles. The van der Waals surface area contributed by atoms with Crippen LogP contribution in [0.1, 0.15) is 32.1 Å². The first-order chi connectivity index (χ1) is 14.2. The quantitative estimate of drug-likeness (QED) is 0.842. The van der Waals surface area contributed by atoms with E-state index in [2.05, 4.69) is 51.2 Å². The van der Waals surface area contributed by atoms with E-state index >= 15 is 0 Å². The Morgan fingerprint density at radius 1 is 1.24 bits per heavy atom. The lowest BCUT2D eigenvalue weighted by Gasteiger charge is -2.37. The molecule has 0 spiro atoms. The van der Waals surface area contributed by atoms with Crippen molar-refractivity contribution in [3.8, 4) is 5.88 Å². The lowest BCUT2D eigenvalue weighted by atomic mass is 9.77. The van der Waals surface area contributed by atoms with Crippen molar-refractivity contribution in [1.82, 2.24) is 19.9 Å². The van der Waals surface area contributed by atoms with E-state index < -0.39 is 0 Å². The average molecular weight is 390 g/mol. The molecule has 1 aliphatic carbocycles. The van der Waals surface area contributed by atoms with Gasteiger partial charge in [0.25, 0.3) is 0 Å². The van der Waals surface area contributed by atoms with Gasteiger partial charge in [-0.05, 0) is 25.0 Å².